The topological polar surface area (TPSA) is 70.2 Å². The van der Waals surface area contributed by atoms with Crippen molar-refractivity contribution in [3.05, 3.63) is 35.4 Å². The molecule has 2 unspecified atom stereocenters. The lowest BCUT2D eigenvalue weighted by atomic mass is 9.95. The molecule has 0 bridgehead atoms. The maximum atomic E-state index is 11.9. The smallest absolute Gasteiger partial charge is 0.239 e. The number of hydrogen-bond acceptors (Lipinski definition) is 3. The molecule has 1 aromatic carbocycles. The van der Waals surface area contributed by atoms with Gasteiger partial charge in [0.2, 0.25) is 11.8 Å². The Balaban J connectivity index is 1.65. The van der Waals surface area contributed by atoms with Gasteiger partial charge in [-0.1, -0.05) is 36.8 Å². The maximum absolute atomic E-state index is 11.9. The lowest BCUT2D eigenvalue weighted by Gasteiger charge is -2.30. The summed E-state index contributed by atoms with van der Waals surface area (Å²) in [5.74, 6) is 0.266. The zero-order valence-electron chi connectivity index (χ0n) is 14.0. The molecular weight excluding hydrogens is 290 g/mol. The number of carbonyl (C=O) groups excluding carboxylic acids is 2. The van der Waals surface area contributed by atoms with Crippen LogP contribution >= 0.6 is 0 Å². The van der Waals surface area contributed by atoms with E-state index in [0.717, 1.165) is 25.1 Å². The van der Waals surface area contributed by atoms with Gasteiger partial charge >= 0.3 is 0 Å². The summed E-state index contributed by atoms with van der Waals surface area (Å²) in [6, 6.07) is 8.31. The van der Waals surface area contributed by atoms with Gasteiger partial charge in [-0.15, -0.1) is 0 Å². The highest BCUT2D eigenvalue weighted by molar-refractivity contribution is 5.84. The molecule has 2 amide bonds. The van der Waals surface area contributed by atoms with Crippen LogP contribution in [-0.2, 0) is 16.0 Å². The van der Waals surface area contributed by atoms with Crippen LogP contribution < -0.4 is 16.0 Å². The fourth-order valence-corrected chi connectivity index (χ4v) is 2.72. The van der Waals surface area contributed by atoms with Crippen molar-refractivity contribution in [2.75, 3.05) is 19.6 Å². The molecule has 1 heterocycles. The van der Waals surface area contributed by atoms with Gasteiger partial charge in [0.05, 0.1) is 6.54 Å². The second kappa shape index (κ2) is 8.67. The van der Waals surface area contributed by atoms with Gasteiger partial charge in [0, 0.05) is 19.0 Å². The number of nitrogens with one attached hydrogen (secondary N) is 3. The molecule has 1 fully saturated rings. The fraction of sp³-hybridized carbons (Fsp3) is 0.556. The van der Waals surface area contributed by atoms with E-state index in [4.69, 9.17) is 0 Å². The Morgan fingerprint density at radius 2 is 1.96 bits per heavy atom. The third-order valence-electron chi connectivity index (χ3n) is 4.38. The van der Waals surface area contributed by atoms with Crippen LogP contribution in [0.15, 0.2) is 24.3 Å². The highest BCUT2D eigenvalue weighted by Gasteiger charge is 2.22. The van der Waals surface area contributed by atoms with Crippen molar-refractivity contribution in [2.45, 2.75) is 39.2 Å². The largest absolute Gasteiger partial charge is 0.350 e. The first-order valence-corrected chi connectivity index (χ1v) is 8.37. The number of rotatable bonds is 6. The van der Waals surface area contributed by atoms with Crippen LogP contribution in [0.4, 0.5) is 0 Å². The van der Waals surface area contributed by atoms with Crippen LogP contribution in [0.5, 0.6) is 0 Å². The minimum absolute atomic E-state index is 0.0515. The molecule has 5 heteroatoms. The summed E-state index contributed by atoms with van der Waals surface area (Å²) in [4.78, 5) is 23.8. The average molecular weight is 317 g/mol. The first-order chi connectivity index (χ1) is 11.0. The van der Waals surface area contributed by atoms with Crippen molar-refractivity contribution >= 4 is 11.8 Å². The molecule has 5 nitrogen and oxygen atoms in total. The normalized spacial score (nSPS) is 20.8. The predicted molar refractivity (Wildman–Crippen MR) is 91.1 cm³/mol. The molecule has 2 atom stereocenters. The highest BCUT2D eigenvalue weighted by Crippen LogP contribution is 2.10. The first kappa shape index (κ1) is 17.5. The SMILES string of the molecule is Cc1ccc(CCC(=O)NCC(=O)NC2CNCCC2C)cc1. The molecule has 0 aliphatic carbocycles. The van der Waals surface area contributed by atoms with E-state index < -0.39 is 0 Å². The molecule has 3 N–H and O–H groups in total. The molecule has 1 aliphatic heterocycles. The predicted octanol–water partition coefficient (Wildman–Crippen LogP) is 1.16. The summed E-state index contributed by atoms with van der Waals surface area (Å²) >= 11 is 0. The second-order valence-electron chi connectivity index (χ2n) is 6.41. The van der Waals surface area contributed by atoms with Gasteiger partial charge in [0.1, 0.15) is 0 Å². The number of amides is 2. The third kappa shape index (κ3) is 6.02. The van der Waals surface area contributed by atoms with Crippen LogP contribution in [0, 0.1) is 12.8 Å². The zero-order chi connectivity index (χ0) is 16.7. The van der Waals surface area contributed by atoms with Gasteiger partial charge in [-0.3, -0.25) is 9.59 Å². The fourth-order valence-electron chi connectivity index (χ4n) is 2.72. The van der Waals surface area contributed by atoms with Crippen LogP contribution in [0.25, 0.3) is 0 Å². The molecule has 0 aromatic heterocycles. The van der Waals surface area contributed by atoms with Gasteiger partial charge in [-0.05, 0) is 37.8 Å². The lowest BCUT2D eigenvalue weighted by Crippen LogP contribution is -2.52. The van der Waals surface area contributed by atoms with Gasteiger partial charge in [0.15, 0.2) is 0 Å². The summed E-state index contributed by atoms with van der Waals surface area (Å²) in [5, 5.41) is 8.96. The monoisotopic (exact) mass is 317 g/mol. The Hall–Kier alpha value is -1.88. The quantitative estimate of drug-likeness (QED) is 0.737. The van der Waals surface area contributed by atoms with E-state index in [1.54, 1.807) is 0 Å². The molecule has 1 saturated heterocycles. The van der Waals surface area contributed by atoms with Gasteiger partial charge in [-0.2, -0.15) is 0 Å². The van der Waals surface area contributed by atoms with Gasteiger partial charge < -0.3 is 16.0 Å². The molecule has 23 heavy (non-hydrogen) atoms. The van der Waals surface area contributed by atoms with Crippen molar-refractivity contribution in [1.29, 1.82) is 0 Å². The summed E-state index contributed by atoms with van der Waals surface area (Å²) < 4.78 is 0. The van der Waals surface area contributed by atoms with Crippen LogP contribution in [-0.4, -0.2) is 37.5 Å². The summed E-state index contributed by atoms with van der Waals surface area (Å²) in [7, 11) is 0. The van der Waals surface area contributed by atoms with Crippen LogP contribution in [0.3, 0.4) is 0 Å². The molecule has 1 aliphatic rings. The van der Waals surface area contributed by atoms with Crippen LogP contribution in [0.1, 0.15) is 30.9 Å². The molecule has 0 spiro atoms. The standard InChI is InChI=1S/C18H27N3O2/c1-13-3-5-15(6-4-13)7-8-17(22)20-12-18(23)21-16-11-19-10-9-14(16)2/h3-6,14,16,19H,7-12H2,1-2H3,(H,20,22)(H,21,23). The van der Waals surface area contributed by atoms with E-state index in [0.29, 0.717) is 18.8 Å². The number of hydrogen-bond donors (Lipinski definition) is 3. The minimum atomic E-state index is -0.116. The summed E-state index contributed by atoms with van der Waals surface area (Å²) in [5.41, 5.74) is 2.35. The van der Waals surface area contributed by atoms with Crippen molar-refractivity contribution < 1.29 is 9.59 Å². The molecule has 1 aromatic rings. The van der Waals surface area contributed by atoms with Gasteiger partial charge in [-0.25, -0.2) is 0 Å². The molecule has 126 valence electrons. The van der Waals surface area contributed by atoms with E-state index in [1.165, 1.54) is 5.56 Å². The number of piperidine rings is 1. The summed E-state index contributed by atoms with van der Waals surface area (Å²) in [6.45, 7) is 6.04. The van der Waals surface area contributed by atoms with E-state index >= 15 is 0 Å². The van der Waals surface area contributed by atoms with Gasteiger partial charge in [0.25, 0.3) is 0 Å². The van der Waals surface area contributed by atoms with Crippen molar-refractivity contribution in [3.8, 4) is 0 Å². The van der Waals surface area contributed by atoms with Crippen molar-refractivity contribution in [1.82, 2.24) is 16.0 Å². The number of aryl methyl sites for hydroxylation is 2. The molecule has 2 rings (SSSR count). The van der Waals surface area contributed by atoms with E-state index in [9.17, 15) is 9.59 Å². The Morgan fingerprint density at radius 3 is 2.65 bits per heavy atom. The molecule has 0 radical (unpaired) electrons. The first-order valence-electron chi connectivity index (χ1n) is 8.37. The van der Waals surface area contributed by atoms with Crippen molar-refractivity contribution in [2.24, 2.45) is 5.92 Å². The minimum Gasteiger partial charge on any atom is -0.350 e. The Labute approximate surface area is 138 Å². The maximum Gasteiger partial charge on any atom is 0.239 e. The third-order valence-corrected chi connectivity index (χ3v) is 4.38. The van der Waals surface area contributed by atoms with E-state index in [2.05, 4.69) is 22.9 Å². The Bertz CT molecular complexity index is 528. The van der Waals surface area contributed by atoms with E-state index in [1.807, 2.05) is 31.2 Å². The van der Waals surface area contributed by atoms with E-state index in [-0.39, 0.29) is 24.4 Å². The number of benzene rings is 1. The Kier molecular flexibility index (Phi) is 6.59. The second-order valence-corrected chi connectivity index (χ2v) is 6.41. The summed E-state index contributed by atoms with van der Waals surface area (Å²) in [6.07, 6.45) is 2.16. The average Bonchev–Trinajstić information content (AvgIpc) is 2.54. The highest BCUT2D eigenvalue weighted by atomic mass is 16.2. The van der Waals surface area contributed by atoms with Crippen molar-refractivity contribution in [3.63, 3.8) is 0 Å². The molecule has 0 saturated carbocycles. The molecular formula is C18H27N3O2. The number of carbonyl (C=O) groups is 2. The van der Waals surface area contributed by atoms with Crippen LogP contribution in [0.2, 0.25) is 0 Å². The zero-order valence-corrected chi connectivity index (χ0v) is 14.0. The Morgan fingerprint density at radius 1 is 1.22 bits per heavy atom. The lowest BCUT2D eigenvalue weighted by molar-refractivity contribution is -0.126.